The Kier molecular flexibility index (Phi) is 9.13. The number of nitrogens with zero attached hydrogens (tertiary/aromatic N) is 2. The fraction of sp³-hybridized carbons (Fsp3) is 0.613. The standard InChI is InChI=1S/C31H45N5O4/c1-5-36(23-6-12-39-13-7-23)29-18-26(40-25-15-24(16-25)35-10-8-32-9-11-35)17-27(22(29)4)30(37)33-19-28-20(2)14-21(3)34-31(28)38/h14,17-18,23-25,32H,5-13,15-16,19H2,1-4H3,(H,33,37)(H,34,38)/t24-,25-. The van der Waals surface area contributed by atoms with Gasteiger partial charge in [-0.05, 0) is 63.8 Å². The van der Waals surface area contributed by atoms with Gasteiger partial charge in [0.25, 0.3) is 11.5 Å². The lowest BCUT2D eigenvalue weighted by Gasteiger charge is -2.44. The van der Waals surface area contributed by atoms with Crippen molar-refractivity contribution in [3.63, 3.8) is 0 Å². The number of rotatable bonds is 9. The zero-order chi connectivity index (χ0) is 28.2. The third-order valence-corrected chi connectivity index (χ3v) is 8.84. The Morgan fingerprint density at radius 1 is 1.12 bits per heavy atom. The molecule has 218 valence electrons. The molecular formula is C31H45N5O4. The SMILES string of the molecule is CCN(c1cc(O[C@H]2C[C@H](N3CCNCC3)C2)cc(C(=O)NCc2c(C)cc(C)[nH]c2=O)c1C)C1CCOCC1. The molecule has 0 atom stereocenters. The van der Waals surface area contributed by atoms with Crippen LogP contribution in [0.25, 0.3) is 0 Å². The van der Waals surface area contributed by atoms with Gasteiger partial charge < -0.3 is 30.0 Å². The van der Waals surface area contributed by atoms with Crippen molar-refractivity contribution in [3.05, 3.63) is 56.5 Å². The Labute approximate surface area is 237 Å². The first-order chi connectivity index (χ1) is 19.3. The summed E-state index contributed by atoms with van der Waals surface area (Å²) in [7, 11) is 0. The summed E-state index contributed by atoms with van der Waals surface area (Å²) in [5.41, 5.74) is 4.67. The van der Waals surface area contributed by atoms with Crippen LogP contribution in [0.15, 0.2) is 23.0 Å². The van der Waals surface area contributed by atoms with E-state index in [1.165, 1.54) is 0 Å². The normalized spacial score (nSPS) is 22.0. The monoisotopic (exact) mass is 551 g/mol. The number of ether oxygens (including phenoxy) is 2. The van der Waals surface area contributed by atoms with Crippen LogP contribution in [0.3, 0.4) is 0 Å². The van der Waals surface area contributed by atoms with Gasteiger partial charge in [-0.3, -0.25) is 14.5 Å². The van der Waals surface area contributed by atoms with E-state index >= 15 is 0 Å². The molecule has 0 unspecified atom stereocenters. The minimum atomic E-state index is -0.195. The number of amides is 1. The number of aromatic nitrogens is 1. The summed E-state index contributed by atoms with van der Waals surface area (Å²) in [6, 6.07) is 6.87. The van der Waals surface area contributed by atoms with Crippen molar-refractivity contribution < 1.29 is 14.3 Å². The van der Waals surface area contributed by atoms with Gasteiger partial charge in [0.15, 0.2) is 0 Å². The number of hydrogen-bond acceptors (Lipinski definition) is 7. The molecule has 2 aliphatic heterocycles. The molecule has 40 heavy (non-hydrogen) atoms. The summed E-state index contributed by atoms with van der Waals surface area (Å²) < 4.78 is 12.2. The van der Waals surface area contributed by atoms with E-state index < -0.39 is 0 Å². The molecule has 0 spiro atoms. The molecule has 2 aromatic rings. The smallest absolute Gasteiger partial charge is 0.253 e. The molecule has 1 aromatic heterocycles. The zero-order valence-corrected chi connectivity index (χ0v) is 24.5. The van der Waals surface area contributed by atoms with Gasteiger partial charge in [-0.1, -0.05) is 0 Å². The number of aromatic amines is 1. The lowest BCUT2D eigenvalue weighted by molar-refractivity contribution is 0.0120. The Hall–Kier alpha value is -2.88. The van der Waals surface area contributed by atoms with Crippen molar-refractivity contribution in [2.45, 2.75) is 78.1 Å². The average molecular weight is 552 g/mol. The highest BCUT2D eigenvalue weighted by atomic mass is 16.5. The summed E-state index contributed by atoms with van der Waals surface area (Å²) in [6.45, 7) is 14.8. The molecule has 1 amide bonds. The molecule has 5 rings (SSSR count). The topological polar surface area (TPSA) is 98.9 Å². The van der Waals surface area contributed by atoms with Crippen molar-refractivity contribution in [2.75, 3.05) is 50.8 Å². The van der Waals surface area contributed by atoms with Crippen molar-refractivity contribution in [1.82, 2.24) is 20.5 Å². The first-order valence-electron chi connectivity index (χ1n) is 14.9. The van der Waals surface area contributed by atoms with E-state index in [2.05, 4.69) is 38.4 Å². The molecule has 3 aliphatic rings. The Morgan fingerprint density at radius 2 is 1.85 bits per heavy atom. The van der Waals surface area contributed by atoms with Gasteiger partial charge in [-0.15, -0.1) is 0 Å². The molecule has 1 saturated carbocycles. The maximum atomic E-state index is 13.6. The zero-order valence-electron chi connectivity index (χ0n) is 24.5. The second-order valence-corrected chi connectivity index (χ2v) is 11.5. The quantitative estimate of drug-likeness (QED) is 0.441. The molecule has 0 radical (unpaired) electrons. The Balaban J connectivity index is 1.37. The molecule has 2 saturated heterocycles. The maximum absolute atomic E-state index is 13.6. The van der Waals surface area contributed by atoms with Crippen LogP contribution in [0, 0.1) is 20.8 Å². The van der Waals surface area contributed by atoms with Gasteiger partial charge in [0.05, 0.1) is 0 Å². The predicted molar refractivity (Wildman–Crippen MR) is 158 cm³/mol. The van der Waals surface area contributed by atoms with Crippen LogP contribution in [-0.4, -0.2) is 79.9 Å². The summed E-state index contributed by atoms with van der Waals surface area (Å²) in [4.78, 5) is 34.0. The van der Waals surface area contributed by atoms with Crippen LogP contribution in [0.5, 0.6) is 5.75 Å². The molecule has 1 aliphatic carbocycles. The Bertz CT molecular complexity index is 1240. The molecule has 9 nitrogen and oxygen atoms in total. The van der Waals surface area contributed by atoms with Crippen LogP contribution in [-0.2, 0) is 11.3 Å². The van der Waals surface area contributed by atoms with Gasteiger partial charge in [-0.25, -0.2) is 0 Å². The maximum Gasteiger partial charge on any atom is 0.253 e. The summed E-state index contributed by atoms with van der Waals surface area (Å²) in [6.07, 6.45) is 4.10. The number of H-pyrrole nitrogens is 1. The minimum absolute atomic E-state index is 0.151. The van der Waals surface area contributed by atoms with E-state index in [9.17, 15) is 9.59 Å². The molecular weight excluding hydrogens is 506 g/mol. The van der Waals surface area contributed by atoms with E-state index in [0.717, 1.165) is 99.9 Å². The van der Waals surface area contributed by atoms with E-state index in [1.54, 1.807) is 0 Å². The molecule has 3 N–H and O–H groups in total. The fourth-order valence-corrected chi connectivity index (χ4v) is 6.43. The second-order valence-electron chi connectivity index (χ2n) is 11.5. The number of carbonyl (C=O) groups is 1. The highest BCUT2D eigenvalue weighted by Gasteiger charge is 2.36. The third-order valence-electron chi connectivity index (χ3n) is 8.84. The number of carbonyl (C=O) groups excluding carboxylic acids is 1. The average Bonchev–Trinajstić information content (AvgIpc) is 2.92. The fourth-order valence-electron chi connectivity index (χ4n) is 6.43. The number of benzene rings is 1. The van der Waals surface area contributed by atoms with E-state index in [-0.39, 0.29) is 24.1 Å². The van der Waals surface area contributed by atoms with Crippen LogP contribution in [0.4, 0.5) is 5.69 Å². The highest BCUT2D eigenvalue weighted by Crippen LogP contribution is 2.36. The number of aryl methyl sites for hydroxylation is 2. The van der Waals surface area contributed by atoms with E-state index in [4.69, 9.17) is 9.47 Å². The van der Waals surface area contributed by atoms with E-state index in [0.29, 0.717) is 23.2 Å². The molecule has 1 aromatic carbocycles. The van der Waals surface area contributed by atoms with Crippen molar-refractivity contribution >= 4 is 11.6 Å². The van der Waals surface area contributed by atoms with Gasteiger partial charge in [0.1, 0.15) is 11.9 Å². The van der Waals surface area contributed by atoms with Crippen LogP contribution >= 0.6 is 0 Å². The van der Waals surface area contributed by atoms with Crippen molar-refractivity contribution in [3.8, 4) is 5.75 Å². The number of anilines is 1. The first kappa shape index (κ1) is 28.6. The molecule has 9 heteroatoms. The predicted octanol–water partition coefficient (Wildman–Crippen LogP) is 3.05. The molecule has 3 heterocycles. The molecule has 0 bridgehead atoms. The van der Waals surface area contributed by atoms with Gasteiger partial charge in [0.2, 0.25) is 0 Å². The highest BCUT2D eigenvalue weighted by molar-refractivity contribution is 5.97. The van der Waals surface area contributed by atoms with Gasteiger partial charge in [0, 0.05) is 106 Å². The number of hydrogen-bond donors (Lipinski definition) is 3. The first-order valence-corrected chi connectivity index (χ1v) is 14.9. The van der Waals surface area contributed by atoms with Gasteiger partial charge in [-0.2, -0.15) is 0 Å². The second kappa shape index (κ2) is 12.7. The van der Waals surface area contributed by atoms with Crippen LogP contribution in [0.2, 0.25) is 0 Å². The van der Waals surface area contributed by atoms with Gasteiger partial charge >= 0.3 is 0 Å². The minimum Gasteiger partial charge on any atom is -0.490 e. The van der Waals surface area contributed by atoms with Crippen molar-refractivity contribution in [2.24, 2.45) is 0 Å². The Morgan fingerprint density at radius 3 is 2.52 bits per heavy atom. The van der Waals surface area contributed by atoms with Crippen molar-refractivity contribution in [1.29, 1.82) is 0 Å². The summed E-state index contributed by atoms with van der Waals surface area (Å²) in [5.74, 6) is 0.545. The van der Waals surface area contributed by atoms with E-state index in [1.807, 2.05) is 32.9 Å². The summed E-state index contributed by atoms with van der Waals surface area (Å²) >= 11 is 0. The largest absolute Gasteiger partial charge is 0.490 e. The van der Waals surface area contributed by atoms with Crippen LogP contribution in [0.1, 0.15) is 65.3 Å². The lowest BCUT2D eigenvalue weighted by atomic mass is 9.87. The van der Waals surface area contributed by atoms with Crippen LogP contribution < -0.4 is 25.8 Å². The molecule has 3 fully saturated rings. The number of pyridine rings is 1. The third kappa shape index (κ3) is 6.37. The number of nitrogens with one attached hydrogen (secondary N) is 3. The number of piperazine rings is 1. The lowest BCUT2D eigenvalue weighted by Crippen LogP contribution is -2.55. The summed E-state index contributed by atoms with van der Waals surface area (Å²) in [5, 5.41) is 6.44.